The first-order chi connectivity index (χ1) is 4.63. The number of aliphatic hydroxyl groups excluding tert-OH is 2. The van der Waals surface area contributed by atoms with Crippen LogP contribution in [0.2, 0.25) is 0 Å². The Morgan fingerprint density at radius 3 is 2.30 bits per heavy atom. The summed E-state index contributed by atoms with van der Waals surface area (Å²) in [5.74, 6) is 0. The first-order valence-corrected chi connectivity index (χ1v) is 3.16. The van der Waals surface area contributed by atoms with Gasteiger partial charge in [-0.1, -0.05) is 0 Å². The van der Waals surface area contributed by atoms with Gasteiger partial charge in [0.05, 0.1) is 0 Å². The molecule has 0 saturated heterocycles. The van der Waals surface area contributed by atoms with Crippen molar-refractivity contribution < 1.29 is 15.3 Å². The van der Waals surface area contributed by atoms with Gasteiger partial charge in [-0.2, -0.15) is 0 Å². The van der Waals surface area contributed by atoms with Gasteiger partial charge in [0.25, 0.3) is 0 Å². The van der Waals surface area contributed by atoms with E-state index in [9.17, 15) is 0 Å². The maximum Gasteiger partial charge on any atom is 0.210 e. The molecule has 5 nitrogen and oxygen atoms in total. The summed E-state index contributed by atoms with van der Waals surface area (Å²) in [5, 5.41) is 27.4. The number of aliphatic hydroxyl groups is 3. The van der Waals surface area contributed by atoms with Crippen molar-refractivity contribution in [2.45, 2.75) is 25.5 Å². The highest BCUT2D eigenvalue weighted by Gasteiger charge is 1.97. The van der Waals surface area contributed by atoms with E-state index in [0.29, 0.717) is 19.4 Å². The van der Waals surface area contributed by atoms with Crippen molar-refractivity contribution in [1.82, 2.24) is 5.32 Å². The molecule has 0 saturated carbocycles. The van der Waals surface area contributed by atoms with Crippen LogP contribution in [0, 0.1) is 0 Å². The second-order valence-corrected chi connectivity index (χ2v) is 2.04. The van der Waals surface area contributed by atoms with Crippen LogP contribution >= 0.6 is 0 Å². The topological polar surface area (TPSA) is 98.7 Å². The molecule has 0 bridgehead atoms. The van der Waals surface area contributed by atoms with E-state index in [1.54, 1.807) is 0 Å². The molecule has 0 aromatic rings. The molecule has 10 heavy (non-hydrogen) atoms. The van der Waals surface area contributed by atoms with Gasteiger partial charge >= 0.3 is 0 Å². The largest absolute Gasteiger partial charge is 0.379 e. The molecule has 0 aliphatic carbocycles. The molecule has 0 aliphatic heterocycles. The molecule has 0 amide bonds. The van der Waals surface area contributed by atoms with Crippen LogP contribution < -0.4 is 11.1 Å². The zero-order chi connectivity index (χ0) is 7.98. The number of nitrogens with two attached hydrogens (primary N) is 1. The molecule has 5 heteroatoms. The lowest BCUT2D eigenvalue weighted by Gasteiger charge is -2.06. The van der Waals surface area contributed by atoms with Crippen molar-refractivity contribution in [3.05, 3.63) is 0 Å². The highest BCUT2D eigenvalue weighted by molar-refractivity contribution is 4.48. The zero-order valence-corrected chi connectivity index (χ0v) is 5.70. The van der Waals surface area contributed by atoms with Gasteiger partial charge in [0.15, 0.2) is 0 Å². The highest BCUT2D eigenvalue weighted by Crippen LogP contribution is 1.88. The fourth-order valence-corrected chi connectivity index (χ4v) is 0.542. The Bertz CT molecular complexity index is 67.3. The molecule has 62 valence electrons. The van der Waals surface area contributed by atoms with Crippen molar-refractivity contribution in [2.24, 2.45) is 5.73 Å². The van der Waals surface area contributed by atoms with Crippen molar-refractivity contribution in [2.75, 3.05) is 6.54 Å². The summed E-state index contributed by atoms with van der Waals surface area (Å²) < 4.78 is 0. The summed E-state index contributed by atoms with van der Waals surface area (Å²) in [7, 11) is 0. The van der Waals surface area contributed by atoms with Crippen LogP contribution in [0.5, 0.6) is 0 Å². The fourth-order valence-electron chi connectivity index (χ4n) is 0.542. The number of nitrogens with one attached hydrogen (secondary N) is 1. The van der Waals surface area contributed by atoms with E-state index in [-0.39, 0.29) is 0 Å². The Hall–Kier alpha value is -0.200. The molecule has 0 fully saturated rings. The van der Waals surface area contributed by atoms with E-state index < -0.39 is 12.6 Å². The Morgan fingerprint density at radius 2 is 1.90 bits per heavy atom. The average Bonchev–Trinajstić information content (AvgIpc) is 1.79. The van der Waals surface area contributed by atoms with E-state index in [2.05, 4.69) is 5.32 Å². The van der Waals surface area contributed by atoms with Gasteiger partial charge in [0, 0.05) is 0 Å². The smallest absolute Gasteiger partial charge is 0.210 e. The van der Waals surface area contributed by atoms with Gasteiger partial charge in [-0.25, -0.2) is 0 Å². The van der Waals surface area contributed by atoms with Crippen LogP contribution in [0.15, 0.2) is 0 Å². The predicted octanol–water partition coefficient (Wildman–Crippen LogP) is -2.10. The second-order valence-electron chi connectivity index (χ2n) is 2.04. The molecule has 1 unspecified atom stereocenters. The van der Waals surface area contributed by atoms with Gasteiger partial charge < -0.3 is 21.1 Å². The SMILES string of the molecule is NC(O)CCCNC(O)O. The van der Waals surface area contributed by atoms with E-state index in [0.717, 1.165) is 0 Å². The second kappa shape index (κ2) is 5.57. The number of hydrogen-bond acceptors (Lipinski definition) is 5. The summed E-state index contributed by atoms with van der Waals surface area (Å²) >= 11 is 0. The summed E-state index contributed by atoms with van der Waals surface area (Å²) in [4.78, 5) is 0. The molecule has 1 atom stereocenters. The standard InChI is InChI=1S/C5H14N2O3/c6-4(8)2-1-3-7-5(9)10/h4-5,7-10H,1-3,6H2. The monoisotopic (exact) mass is 150 g/mol. The summed E-state index contributed by atoms with van der Waals surface area (Å²) in [6.45, 7) is 0.436. The average molecular weight is 150 g/mol. The summed E-state index contributed by atoms with van der Waals surface area (Å²) in [5.41, 5.74) is 5.01. The first kappa shape index (κ1) is 9.80. The minimum absolute atomic E-state index is 0.436. The third-order valence-corrected chi connectivity index (χ3v) is 1.00. The van der Waals surface area contributed by atoms with Crippen LogP contribution in [0.3, 0.4) is 0 Å². The molecular formula is C5H14N2O3. The molecule has 0 aliphatic rings. The molecular weight excluding hydrogens is 136 g/mol. The number of rotatable bonds is 5. The Kier molecular flexibility index (Phi) is 5.46. The van der Waals surface area contributed by atoms with E-state index in [1.165, 1.54) is 0 Å². The van der Waals surface area contributed by atoms with Gasteiger partial charge in [-0.05, 0) is 19.4 Å². The lowest BCUT2D eigenvalue weighted by molar-refractivity contribution is -0.0658. The van der Waals surface area contributed by atoms with E-state index >= 15 is 0 Å². The lowest BCUT2D eigenvalue weighted by Crippen LogP contribution is -2.30. The minimum atomic E-state index is -1.48. The lowest BCUT2D eigenvalue weighted by atomic mass is 10.3. The molecule has 0 spiro atoms. The van der Waals surface area contributed by atoms with Crippen LogP contribution in [-0.2, 0) is 0 Å². The number of hydrogen-bond donors (Lipinski definition) is 5. The van der Waals surface area contributed by atoms with Crippen LogP contribution in [0.1, 0.15) is 12.8 Å². The predicted molar refractivity (Wildman–Crippen MR) is 35.7 cm³/mol. The summed E-state index contributed by atoms with van der Waals surface area (Å²) in [6, 6.07) is 0. The first-order valence-electron chi connectivity index (χ1n) is 3.16. The highest BCUT2D eigenvalue weighted by atomic mass is 16.5. The van der Waals surface area contributed by atoms with Crippen LogP contribution in [0.4, 0.5) is 0 Å². The molecule has 0 heterocycles. The molecule has 0 rings (SSSR count). The molecule has 0 aromatic heterocycles. The molecule has 6 N–H and O–H groups in total. The Balaban J connectivity index is 2.91. The van der Waals surface area contributed by atoms with Gasteiger partial charge in [0.2, 0.25) is 6.41 Å². The quantitative estimate of drug-likeness (QED) is 0.228. The Labute approximate surface area is 59.5 Å². The van der Waals surface area contributed by atoms with Crippen molar-refractivity contribution in [3.63, 3.8) is 0 Å². The van der Waals surface area contributed by atoms with Gasteiger partial charge in [-0.3, -0.25) is 5.32 Å². The maximum absolute atomic E-state index is 8.54. The normalized spacial score (nSPS) is 14.1. The fraction of sp³-hybridized carbons (Fsp3) is 1.00. The van der Waals surface area contributed by atoms with Gasteiger partial charge in [-0.15, -0.1) is 0 Å². The third kappa shape index (κ3) is 7.80. The van der Waals surface area contributed by atoms with Crippen molar-refractivity contribution >= 4 is 0 Å². The van der Waals surface area contributed by atoms with Crippen LogP contribution in [0.25, 0.3) is 0 Å². The molecule has 0 radical (unpaired) electrons. The van der Waals surface area contributed by atoms with Gasteiger partial charge in [0.1, 0.15) is 6.23 Å². The summed E-state index contributed by atoms with van der Waals surface area (Å²) in [6.07, 6.45) is -1.21. The van der Waals surface area contributed by atoms with Crippen LogP contribution in [-0.4, -0.2) is 34.5 Å². The van der Waals surface area contributed by atoms with Crippen molar-refractivity contribution in [1.29, 1.82) is 0 Å². The van der Waals surface area contributed by atoms with E-state index in [1.807, 2.05) is 0 Å². The zero-order valence-electron chi connectivity index (χ0n) is 5.70. The molecule has 0 aromatic carbocycles. The Morgan fingerprint density at radius 1 is 1.30 bits per heavy atom. The van der Waals surface area contributed by atoms with E-state index in [4.69, 9.17) is 21.1 Å². The third-order valence-electron chi connectivity index (χ3n) is 1.00. The maximum atomic E-state index is 8.54. The van der Waals surface area contributed by atoms with Crippen molar-refractivity contribution in [3.8, 4) is 0 Å². The minimum Gasteiger partial charge on any atom is -0.379 e.